The summed E-state index contributed by atoms with van der Waals surface area (Å²) in [6, 6.07) is 8.87. The van der Waals surface area contributed by atoms with Gasteiger partial charge in [-0.2, -0.15) is 26.3 Å². The van der Waals surface area contributed by atoms with Crippen LogP contribution in [0.1, 0.15) is 15.9 Å². The molecule has 0 aromatic heterocycles. The van der Waals surface area contributed by atoms with Gasteiger partial charge in [-0.05, 0) is 24.3 Å². The summed E-state index contributed by atoms with van der Waals surface area (Å²) in [6.07, 6.45) is -11.9. The van der Waals surface area contributed by atoms with Crippen molar-refractivity contribution in [2.75, 3.05) is 20.3 Å². The number of ether oxygens (including phenoxy) is 3. The van der Waals surface area contributed by atoms with Crippen molar-refractivity contribution in [1.82, 2.24) is 0 Å². The molecule has 0 aliphatic carbocycles. The summed E-state index contributed by atoms with van der Waals surface area (Å²) < 4.78 is 92.4. The number of benzene rings is 2. The molecule has 0 unspecified atom stereocenters. The minimum atomic E-state index is -5.96. The van der Waals surface area contributed by atoms with E-state index in [9.17, 15) is 36.2 Å². The number of alkyl halides is 6. The third-order valence-electron chi connectivity index (χ3n) is 3.99. The van der Waals surface area contributed by atoms with Crippen LogP contribution in [-0.2, 0) is 10.3 Å². The van der Waals surface area contributed by atoms with Gasteiger partial charge in [-0.3, -0.25) is 0 Å². The number of halogens is 6. The summed E-state index contributed by atoms with van der Waals surface area (Å²) in [4.78, 5) is 11.6. The Balaban J connectivity index is 2.02. The minimum absolute atomic E-state index is 0.0460. The van der Waals surface area contributed by atoms with Crippen molar-refractivity contribution in [2.24, 2.45) is 0 Å². The first-order valence-corrected chi connectivity index (χ1v) is 8.31. The number of rotatable bonds is 7. The first-order chi connectivity index (χ1) is 13.9. The average Bonchev–Trinajstić information content (AvgIpc) is 2.69. The topological polar surface area (TPSA) is 65.0 Å². The zero-order chi connectivity index (χ0) is 22.6. The molecule has 2 aromatic carbocycles. The van der Waals surface area contributed by atoms with Gasteiger partial charge < -0.3 is 19.3 Å². The zero-order valence-electron chi connectivity index (χ0n) is 15.4. The molecule has 0 saturated carbocycles. The normalized spacial score (nSPS) is 12.4. The van der Waals surface area contributed by atoms with E-state index in [4.69, 9.17) is 9.47 Å². The van der Waals surface area contributed by atoms with E-state index < -0.39 is 29.5 Å². The molecule has 2 aromatic rings. The quantitative estimate of drug-likeness (QED) is 0.398. The van der Waals surface area contributed by atoms with Gasteiger partial charge in [-0.1, -0.05) is 24.3 Å². The lowest BCUT2D eigenvalue weighted by molar-refractivity contribution is -0.376. The number of aliphatic hydroxyl groups is 1. The SMILES string of the molecule is COC(=O)c1ccccc1OCCOc1ccc(C(O)(C(F)(F)F)C(F)(F)F)cc1. The fourth-order valence-electron chi connectivity index (χ4n) is 2.46. The van der Waals surface area contributed by atoms with Crippen LogP contribution in [0.15, 0.2) is 48.5 Å². The molecule has 0 bridgehead atoms. The maximum Gasteiger partial charge on any atom is 0.430 e. The predicted octanol–water partition coefficient (Wildman–Crippen LogP) is 4.24. The predicted molar refractivity (Wildman–Crippen MR) is 91.2 cm³/mol. The van der Waals surface area contributed by atoms with Gasteiger partial charge in [0.15, 0.2) is 0 Å². The number of esters is 1. The Hall–Kier alpha value is -2.95. The van der Waals surface area contributed by atoms with E-state index in [1.807, 2.05) is 0 Å². The standard InChI is InChI=1S/C19H16F6O5/c1-28-16(26)14-4-2-3-5-15(14)30-11-10-29-13-8-6-12(7-9-13)17(27,18(20,21)22)19(23,24)25/h2-9,27H,10-11H2,1H3. The van der Waals surface area contributed by atoms with Crippen LogP contribution in [0, 0.1) is 0 Å². The maximum atomic E-state index is 12.9. The van der Waals surface area contributed by atoms with E-state index in [1.54, 1.807) is 12.1 Å². The van der Waals surface area contributed by atoms with Crippen molar-refractivity contribution in [3.63, 3.8) is 0 Å². The lowest BCUT2D eigenvalue weighted by Gasteiger charge is -2.32. The van der Waals surface area contributed by atoms with Gasteiger partial charge in [0.05, 0.1) is 7.11 Å². The summed E-state index contributed by atoms with van der Waals surface area (Å²) in [5.41, 5.74) is -6.22. The Morgan fingerprint density at radius 2 is 1.40 bits per heavy atom. The number of hydrogen-bond acceptors (Lipinski definition) is 5. The summed E-state index contributed by atoms with van der Waals surface area (Å²) >= 11 is 0. The van der Waals surface area contributed by atoms with Gasteiger partial charge in [-0.25, -0.2) is 4.79 Å². The fourth-order valence-corrected chi connectivity index (χ4v) is 2.46. The molecule has 0 fully saturated rings. The number of carbonyl (C=O) groups excluding carboxylic acids is 1. The molecule has 30 heavy (non-hydrogen) atoms. The highest BCUT2D eigenvalue weighted by Crippen LogP contribution is 2.50. The van der Waals surface area contributed by atoms with Crippen LogP contribution < -0.4 is 9.47 Å². The second-order valence-electron chi connectivity index (χ2n) is 5.91. The monoisotopic (exact) mass is 438 g/mol. The molecule has 0 spiro atoms. The van der Waals surface area contributed by atoms with E-state index in [2.05, 4.69) is 4.74 Å². The lowest BCUT2D eigenvalue weighted by Crippen LogP contribution is -2.53. The van der Waals surface area contributed by atoms with E-state index in [0.717, 1.165) is 12.1 Å². The summed E-state index contributed by atoms with van der Waals surface area (Å²) in [6.45, 7) is -0.206. The van der Waals surface area contributed by atoms with Crippen molar-refractivity contribution < 1.29 is 50.5 Å². The molecule has 0 aliphatic rings. The van der Waals surface area contributed by atoms with E-state index >= 15 is 0 Å². The maximum absolute atomic E-state index is 12.9. The van der Waals surface area contributed by atoms with Gasteiger partial charge >= 0.3 is 18.3 Å². The molecule has 0 radical (unpaired) electrons. The molecule has 1 N–H and O–H groups in total. The summed E-state index contributed by atoms with van der Waals surface area (Å²) in [7, 11) is 1.20. The third-order valence-corrected chi connectivity index (χ3v) is 3.99. The molecule has 0 aliphatic heterocycles. The van der Waals surface area contributed by atoms with E-state index in [-0.39, 0.29) is 30.3 Å². The van der Waals surface area contributed by atoms with Crippen molar-refractivity contribution in [3.8, 4) is 11.5 Å². The molecule has 2 rings (SSSR count). The van der Waals surface area contributed by atoms with Crippen molar-refractivity contribution in [1.29, 1.82) is 0 Å². The fraction of sp³-hybridized carbons (Fsp3) is 0.316. The molecule has 164 valence electrons. The van der Waals surface area contributed by atoms with Gasteiger partial charge in [-0.15, -0.1) is 0 Å². The highest BCUT2D eigenvalue weighted by molar-refractivity contribution is 5.92. The molecular formula is C19H16F6O5. The molecule has 0 saturated heterocycles. The van der Waals surface area contributed by atoms with Crippen LogP contribution >= 0.6 is 0 Å². The molecule has 11 heteroatoms. The second-order valence-corrected chi connectivity index (χ2v) is 5.91. The second kappa shape index (κ2) is 8.82. The highest BCUT2D eigenvalue weighted by atomic mass is 19.4. The van der Waals surface area contributed by atoms with Gasteiger partial charge in [0.25, 0.3) is 5.60 Å². The molecule has 5 nitrogen and oxygen atoms in total. The molecule has 0 amide bonds. The number of para-hydroxylation sites is 1. The van der Waals surface area contributed by atoms with Crippen molar-refractivity contribution >= 4 is 5.97 Å². The van der Waals surface area contributed by atoms with Gasteiger partial charge in [0, 0.05) is 5.56 Å². The Labute approximate surface area is 166 Å². The minimum Gasteiger partial charge on any atom is -0.490 e. The molecule has 0 heterocycles. The van der Waals surface area contributed by atoms with Crippen LogP contribution in [0.25, 0.3) is 0 Å². The number of methoxy groups -OCH3 is 1. The smallest absolute Gasteiger partial charge is 0.430 e. The van der Waals surface area contributed by atoms with Crippen molar-refractivity contribution in [3.05, 3.63) is 59.7 Å². The van der Waals surface area contributed by atoms with Crippen LogP contribution in [0.5, 0.6) is 11.5 Å². The van der Waals surface area contributed by atoms with Crippen LogP contribution in [0.3, 0.4) is 0 Å². The van der Waals surface area contributed by atoms with Gasteiger partial charge in [0.2, 0.25) is 0 Å². The highest BCUT2D eigenvalue weighted by Gasteiger charge is 2.71. The van der Waals surface area contributed by atoms with Crippen LogP contribution in [-0.4, -0.2) is 43.8 Å². The van der Waals surface area contributed by atoms with E-state index in [1.165, 1.54) is 19.2 Å². The summed E-state index contributed by atoms with van der Waals surface area (Å²) in [5.74, 6) is -0.456. The lowest BCUT2D eigenvalue weighted by atomic mass is 9.92. The van der Waals surface area contributed by atoms with Crippen LogP contribution in [0.4, 0.5) is 26.3 Å². The third kappa shape index (κ3) is 4.78. The average molecular weight is 438 g/mol. The molecule has 0 atom stereocenters. The summed E-state index contributed by atoms with van der Waals surface area (Å²) in [5, 5.41) is 9.33. The number of hydrogen-bond donors (Lipinski definition) is 1. The van der Waals surface area contributed by atoms with Crippen LogP contribution in [0.2, 0.25) is 0 Å². The zero-order valence-corrected chi connectivity index (χ0v) is 15.4. The Morgan fingerprint density at radius 3 is 1.93 bits per heavy atom. The Kier molecular flexibility index (Phi) is 6.86. The molecular weight excluding hydrogens is 422 g/mol. The van der Waals surface area contributed by atoms with Crippen molar-refractivity contribution in [2.45, 2.75) is 18.0 Å². The largest absolute Gasteiger partial charge is 0.490 e. The van der Waals surface area contributed by atoms with E-state index in [0.29, 0.717) is 12.1 Å². The Morgan fingerprint density at radius 1 is 0.867 bits per heavy atom. The number of carbonyl (C=O) groups is 1. The first kappa shape index (κ1) is 23.3. The van der Waals surface area contributed by atoms with Gasteiger partial charge in [0.1, 0.15) is 30.3 Å². The first-order valence-electron chi connectivity index (χ1n) is 8.31. The Bertz CT molecular complexity index is 847.